The van der Waals surface area contributed by atoms with Crippen molar-refractivity contribution in [3.8, 4) is 0 Å². The number of amides is 2. The van der Waals surface area contributed by atoms with Gasteiger partial charge in [-0.3, -0.25) is 9.59 Å². The number of anilines is 1. The van der Waals surface area contributed by atoms with Crippen molar-refractivity contribution in [2.45, 2.75) is 26.2 Å². The fraction of sp³-hybridized carbons (Fsp3) is 0.308. The van der Waals surface area contributed by atoms with E-state index in [-0.39, 0.29) is 24.7 Å². The van der Waals surface area contributed by atoms with Gasteiger partial charge in [-0.1, -0.05) is 30.7 Å². The number of nitrogens with one attached hydrogen (secondary N) is 2. The molecule has 0 heterocycles. The average molecular weight is 282 g/mol. The third-order valence-corrected chi connectivity index (χ3v) is 2.52. The van der Waals surface area contributed by atoms with Gasteiger partial charge in [0.2, 0.25) is 11.8 Å². The zero-order valence-electron chi connectivity index (χ0n) is 10.6. The van der Waals surface area contributed by atoms with Gasteiger partial charge in [0, 0.05) is 19.1 Å². The molecule has 0 aliphatic carbocycles. The highest BCUT2D eigenvalue weighted by molar-refractivity contribution is 6.33. The van der Waals surface area contributed by atoms with Gasteiger partial charge in [-0.05, 0) is 18.6 Å². The summed E-state index contributed by atoms with van der Waals surface area (Å²) < 4.78 is 0. The van der Waals surface area contributed by atoms with Gasteiger partial charge in [-0.2, -0.15) is 5.10 Å². The van der Waals surface area contributed by atoms with Crippen molar-refractivity contribution in [2.75, 3.05) is 5.32 Å². The molecule has 0 aliphatic heterocycles. The number of benzene rings is 1. The van der Waals surface area contributed by atoms with Crippen molar-refractivity contribution in [1.29, 1.82) is 0 Å². The standard InChI is InChI=1S/C13H16ClN3O2/c1-2-9-15-17-13(19)8-7-12(18)16-11-6-4-3-5-10(11)14/h3-6,9H,2,7-8H2,1H3,(H,16,18)(H,17,19)/b15-9+. The van der Waals surface area contributed by atoms with Crippen molar-refractivity contribution in [3.05, 3.63) is 29.3 Å². The Balaban J connectivity index is 2.34. The second-order valence-electron chi connectivity index (χ2n) is 3.78. The Morgan fingerprint density at radius 1 is 1.26 bits per heavy atom. The molecule has 0 saturated carbocycles. The molecule has 0 aliphatic rings. The molecule has 1 aromatic carbocycles. The summed E-state index contributed by atoms with van der Waals surface area (Å²) in [6, 6.07) is 6.93. The van der Waals surface area contributed by atoms with Crippen molar-refractivity contribution in [1.82, 2.24) is 5.43 Å². The summed E-state index contributed by atoms with van der Waals surface area (Å²) in [5, 5.41) is 6.80. The SMILES string of the molecule is CC/C=N/NC(=O)CCC(=O)Nc1ccccc1Cl. The van der Waals surface area contributed by atoms with Gasteiger partial charge < -0.3 is 5.32 Å². The van der Waals surface area contributed by atoms with Crippen LogP contribution in [0.3, 0.4) is 0 Å². The van der Waals surface area contributed by atoms with Crippen LogP contribution in [-0.4, -0.2) is 18.0 Å². The van der Waals surface area contributed by atoms with Crippen LogP contribution in [-0.2, 0) is 9.59 Å². The number of rotatable bonds is 6. The minimum atomic E-state index is -0.293. The largest absolute Gasteiger partial charge is 0.325 e. The van der Waals surface area contributed by atoms with Crippen LogP contribution in [0.25, 0.3) is 0 Å². The van der Waals surface area contributed by atoms with Gasteiger partial charge in [-0.25, -0.2) is 5.43 Å². The molecule has 0 aromatic heterocycles. The lowest BCUT2D eigenvalue weighted by molar-refractivity contribution is -0.124. The number of halogens is 1. The lowest BCUT2D eigenvalue weighted by Gasteiger charge is -2.06. The quantitative estimate of drug-likeness (QED) is 0.621. The zero-order valence-corrected chi connectivity index (χ0v) is 11.4. The molecule has 6 heteroatoms. The lowest BCUT2D eigenvalue weighted by atomic mass is 10.2. The molecule has 0 bridgehead atoms. The molecule has 0 radical (unpaired) electrons. The number of carbonyl (C=O) groups is 2. The third kappa shape index (κ3) is 6.01. The van der Waals surface area contributed by atoms with Gasteiger partial charge in [-0.15, -0.1) is 0 Å². The Hall–Kier alpha value is -1.88. The maximum absolute atomic E-state index is 11.6. The highest BCUT2D eigenvalue weighted by Gasteiger charge is 2.08. The summed E-state index contributed by atoms with van der Waals surface area (Å²) in [6.07, 6.45) is 2.49. The third-order valence-electron chi connectivity index (χ3n) is 2.19. The van der Waals surface area contributed by atoms with Gasteiger partial charge >= 0.3 is 0 Å². The van der Waals surface area contributed by atoms with Gasteiger partial charge in [0.15, 0.2) is 0 Å². The summed E-state index contributed by atoms with van der Waals surface area (Å²) >= 11 is 5.90. The van der Waals surface area contributed by atoms with Gasteiger partial charge in [0.25, 0.3) is 0 Å². The molecule has 0 saturated heterocycles. The first kappa shape index (κ1) is 15.2. The molecule has 0 atom stereocenters. The number of hydrazone groups is 1. The normalized spacial score (nSPS) is 10.4. The van der Waals surface area contributed by atoms with Crippen molar-refractivity contribution in [3.63, 3.8) is 0 Å². The summed E-state index contributed by atoms with van der Waals surface area (Å²) in [5.41, 5.74) is 2.88. The maximum Gasteiger partial charge on any atom is 0.240 e. The number of hydrogen-bond acceptors (Lipinski definition) is 3. The minimum absolute atomic E-state index is 0.0807. The molecule has 1 rings (SSSR count). The van der Waals surface area contributed by atoms with Crippen LogP contribution in [0.15, 0.2) is 29.4 Å². The van der Waals surface area contributed by atoms with Crippen molar-refractivity contribution in [2.24, 2.45) is 5.10 Å². The molecule has 1 aromatic rings. The predicted octanol–water partition coefficient (Wildman–Crippen LogP) is 2.57. The van der Waals surface area contributed by atoms with Crippen LogP contribution in [0.2, 0.25) is 5.02 Å². The maximum atomic E-state index is 11.6. The fourth-order valence-corrected chi connectivity index (χ4v) is 1.45. The van der Waals surface area contributed by atoms with Crippen molar-refractivity contribution >= 4 is 35.3 Å². The fourth-order valence-electron chi connectivity index (χ4n) is 1.27. The predicted molar refractivity (Wildman–Crippen MR) is 76.2 cm³/mol. The Bertz CT molecular complexity index is 475. The smallest absolute Gasteiger partial charge is 0.240 e. The second kappa shape index (κ2) is 8.26. The first-order valence-electron chi connectivity index (χ1n) is 5.98. The Labute approximate surface area is 117 Å². The molecule has 0 unspecified atom stereocenters. The van der Waals surface area contributed by atoms with E-state index in [0.717, 1.165) is 6.42 Å². The zero-order chi connectivity index (χ0) is 14.1. The summed E-state index contributed by atoms with van der Waals surface area (Å²) in [6.45, 7) is 1.91. The van der Waals surface area contributed by atoms with Crippen molar-refractivity contribution < 1.29 is 9.59 Å². The number of nitrogens with zero attached hydrogens (tertiary/aromatic N) is 1. The van der Waals surface area contributed by atoms with Crippen LogP contribution in [0, 0.1) is 0 Å². The molecule has 102 valence electrons. The molecule has 2 N–H and O–H groups in total. The Morgan fingerprint density at radius 3 is 2.63 bits per heavy atom. The highest BCUT2D eigenvalue weighted by atomic mass is 35.5. The first-order chi connectivity index (χ1) is 9.13. The molecular formula is C13H16ClN3O2. The molecule has 0 fully saturated rings. The Kier molecular flexibility index (Phi) is 6.60. The summed E-state index contributed by atoms with van der Waals surface area (Å²) in [4.78, 5) is 22.9. The van der Waals surface area contributed by atoms with E-state index in [1.807, 2.05) is 6.92 Å². The van der Waals surface area contributed by atoms with Gasteiger partial charge in [0.1, 0.15) is 0 Å². The van der Waals surface area contributed by atoms with E-state index >= 15 is 0 Å². The average Bonchev–Trinajstić information content (AvgIpc) is 2.39. The molecule has 5 nitrogen and oxygen atoms in total. The monoisotopic (exact) mass is 281 g/mol. The number of para-hydroxylation sites is 1. The molecule has 19 heavy (non-hydrogen) atoms. The first-order valence-corrected chi connectivity index (χ1v) is 6.36. The van der Waals surface area contributed by atoms with E-state index in [0.29, 0.717) is 10.7 Å². The van der Waals surface area contributed by atoms with Crippen LogP contribution in [0.4, 0.5) is 5.69 Å². The van der Waals surface area contributed by atoms with Crippen LogP contribution < -0.4 is 10.7 Å². The number of hydrogen-bond donors (Lipinski definition) is 2. The summed E-state index contributed by atoms with van der Waals surface area (Å²) in [7, 11) is 0. The topological polar surface area (TPSA) is 70.6 Å². The highest BCUT2D eigenvalue weighted by Crippen LogP contribution is 2.20. The lowest BCUT2D eigenvalue weighted by Crippen LogP contribution is -2.20. The molecule has 2 amide bonds. The Morgan fingerprint density at radius 2 is 1.95 bits per heavy atom. The molecular weight excluding hydrogens is 266 g/mol. The van der Waals surface area contributed by atoms with Crippen LogP contribution in [0.5, 0.6) is 0 Å². The second-order valence-corrected chi connectivity index (χ2v) is 4.19. The minimum Gasteiger partial charge on any atom is -0.325 e. The van der Waals surface area contributed by atoms with Gasteiger partial charge in [0.05, 0.1) is 10.7 Å². The van der Waals surface area contributed by atoms with E-state index in [1.54, 1.807) is 30.5 Å². The van der Waals surface area contributed by atoms with E-state index in [9.17, 15) is 9.59 Å². The molecule has 0 spiro atoms. The van der Waals surface area contributed by atoms with Crippen LogP contribution >= 0.6 is 11.6 Å². The van der Waals surface area contributed by atoms with E-state index in [4.69, 9.17) is 11.6 Å². The summed E-state index contributed by atoms with van der Waals surface area (Å²) in [5.74, 6) is -0.554. The van der Waals surface area contributed by atoms with E-state index < -0.39 is 0 Å². The van der Waals surface area contributed by atoms with E-state index in [1.165, 1.54) is 0 Å². The van der Waals surface area contributed by atoms with E-state index in [2.05, 4.69) is 15.8 Å². The number of carbonyl (C=O) groups excluding carboxylic acids is 2. The van der Waals surface area contributed by atoms with Crippen LogP contribution in [0.1, 0.15) is 26.2 Å².